The number of nitrogens with two attached hydrogens (primary N) is 1. The van der Waals surface area contributed by atoms with Gasteiger partial charge in [-0.1, -0.05) is 30.3 Å². The second-order valence-corrected chi connectivity index (χ2v) is 7.45. The first-order valence-electron chi connectivity index (χ1n) is 10.1. The van der Waals surface area contributed by atoms with E-state index in [-0.39, 0.29) is 23.4 Å². The summed E-state index contributed by atoms with van der Waals surface area (Å²) in [5.41, 5.74) is 7.28. The van der Waals surface area contributed by atoms with E-state index in [0.29, 0.717) is 37.2 Å². The third kappa shape index (κ3) is 4.48. The highest BCUT2D eigenvalue weighted by molar-refractivity contribution is 6.08. The van der Waals surface area contributed by atoms with Crippen LogP contribution in [0.25, 0.3) is 5.69 Å². The van der Waals surface area contributed by atoms with Crippen LogP contribution >= 0.6 is 0 Å². The normalized spacial score (nSPS) is 14.3. The summed E-state index contributed by atoms with van der Waals surface area (Å²) < 4.78 is 1.62. The molecule has 3 aromatic rings. The number of benzene rings is 2. The lowest BCUT2D eigenvalue weighted by Gasteiger charge is -2.31. The first-order valence-corrected chi connectivity index (χ1v) is 10.1. The Morgan fingerprint density at radius 2 is 1.61 bits per heavy atom. The number of primary amides is 1. The van der Waals surface area contributed by atoms with Gasteiger partial charge in [0.15, 0.2) is 5.69 Å². The zero-order chi connectivity index (χ0) is 21.8. The van der Waals surface area contributed by atoms with Crippen molar-refractivity contribution in [2.45, 2.75) is 12.8 Å². The number of hydrogen-bond donors (Lipinski definition) is 2. The molecular weight excluding hydrogens is 394 g/mol. The maximum absolute atomic E-state index is 13.0. The minimum atomic E-state index is -0.401. The van der Waals surface area contributed by atoms with Crippen molar-refractivity contribution in [3.8, 4) is 5.69 Å². The van der Waals surface area contributed by atoms with E-state index in [0.717, 1.165) is 5.69 Å². The van der Waals surface area contributed by atoms with Crippen LogP contribution < -0.4 is 11.1 Å². The molecule has 158 valence electrons. The van der Waals surface area contributed by atoms with E-state index in [4.69, 9.17) is 5.73 Å². The molecule has 1 saturated heterocycles. The fourth-order valence-corrected chi connectivity index (χ4v) is 3.67. The van der Waals surface area contributed by atoms with Gasteiger partial charge in [0.1, 0.15) is 0 Å². The van der Waals surface area contributed by atoms with Gasteiger partial charge in [-0.15, -0.1) is 0 Å². The van der Waals surface area contributed by atoms with Crippen molar-refractivity contribution in [2.24, 2.45) is 11.7 Å². The van der Waals surface area contributed by atoms with Crippen molar-refractivity contribution >= 4 is 23.4 Å². The molecule has 2 heterocycles. The lowest BCUT2D eigenvalue weighted by atomic mass is 9.95. The van der Waals surface area contributed by atoms with E-state index in [1.54, 1.807) is 46.1 Å². The van der Waals surface area contributed by atoms with Crippen LogP contribution in [-0.4, -0.2) is 45.5 Å². The highest BCUT2D eigenvalue weighted by Gasteiger charge is 2.27. The van der Waals surface area contributed by atoms with Crippen molar-refractivity contribution in [3.63, 3.8) is 0 Å². The van der Waals surface area contributed by atoms with Crippen LogP contribution in [0, 0.1) is 5.92 Å². The average Bonchev–Trinajstić information content (AvgIpc) is 3.30. The van der Waals surface area contributed by atoms with Gasteiger partial charge in [-0.25, -0.2) is 4.68 Å². The molecule has 3 amide bonds. The molecule has 0 saturated carbocycles. The molecular formula is C23H23N5O3. The molecule has 8 nitrogen and oxygen atoms in total. The van der Waals surface area contributed by atoms with Crippen molar-refractivity contribution in [1.29, 1.82) is 0 Å². The predicted octanol–water partition coefficient (Wildman–Crippen LogP) is 2.46. The number of anilines is 1. The van der Waals surface area contributed by atoms with Gasteiger partial charge in [0, 0.05) is 25.2 Å². The molecule has 2 aromatic carbocycles. The van der Waals surface area contributed by atoms with E-state index >= 15 is 0 Å². The Labute approximate surface area is 179 Å². The molecule has 1 fully saturated rings. The Hall–Kier alpha value is -3.94. The molecule has 0 aliphatic carbocycles. The fourth-order valence-electron chi connectivity index (χ4n) is 3.67. The van der Waals surface area contributed by atoms with E-state index in [2.05, 4.69) is 10.4 Å². The summed E-state index contributed by atoms with van der Waals surface area (Å²) in [5.74, 6) is -1.11. The monoisotopic (exact) mass is 417 g/mol. The second-order valence-electron chi connectivity index (χ2n) is 7.45. The van der Waals surface area contributed by atoms with Crippen LogP contribution in [0.3, 0.4) is 0 Å². The minimum absolute atomic E-state index is 0.186. The average molecular weight is 417 g/mol. The molecule has 0 atom stereocenters. The zero-order valence-corrected chi connectivity index (χ0v) is 16.9. The van der Waals surface area contributed by atoms with Gasteiger partial charge >= 0.3 is 0 Å². The molecule has 0 unspecified atom stereocenters. The van der Waals surface area contributed by atoms with Gasteiger partial charge in [0.05, 0.1) is 16.9 Å². The molecule has 3 N–H and O–H groups in total. The topological polar surface area (TPSA) is 110 Å². The molecule has 0 bridgehead atoms. The van der Waals surface area contributed by atoms with Gasteiger partial charge in [-0.05, 0) is 43.2 Å². The van der Waals surface area contributed by atoms with Crippen LogP contribution in [0.2, 0.25) is 0 Å². The van der Waals surface area contributed by atoms with Crippen LogP contribution in [0.15, 0.2) is 66.9 Å². The lowest BCUT2D eigenvalue weighted by Crippen LogP contribution is -2.42. The Kier molecular flexibility index (Phi) is 5.79. The number of carbonyl (C=O) groups is 3. The van der Waals surface area contributed by atoms with Crippen LogP contribution in [0.4, 0.5) is 5.69 Å². The van der Waals surface area contributed by atoms with E-state index in [9.17, 15) is 14.4 Å². The standard InChI is InChI=1S/C23H23N5O3/c24-21(29)16-10-13-27(14-11-16)23(31)18-8-4-5-9-19(18)25-22(30)20-12-15-28(26-20)17-6-2-1-3-7-17/h1-9,12,15-16H,10-11,13-14H2,(H2,24,29)(H,25,30). The van der Waals surface area contributed by atoms with Crippen molar-refractivity contribution in [3.05, 3.63) is 78.1 Å². The van der Waals surface area contributed by atoms with Crippen molar-refractivity contribution in [2.75, 3.05) is 18.4 Å². The summed E-state index contributed by atoms with van der Waals surface area (Å²) in [6, 6.07) is 18.0. The largest absolute Gasteiger partial charge is 0.369 e. The Balaban J connectivity index is 1.48. The summed E-state index contributed by atoms with van der Waals surface area (Å²) in [4.78, 5) is 38.9. The lowest BCUT2D eigenvalue weighted by molar-refractivity contribution is -0.123. The smallest absolute Gasteiger partial charge is 0.276 e. The number of aromatic nitrogens is 2. The molecule has 4 rings (SSSR count). The van der Waals surface area contributed by atoms with E-state index in [1.807, 2.05) is 30.3 Å². The molecule has 0 spiro atoms. The number of likely N-dealkylation sites (tertiary alicyclic amines) is 1. The number of rotatable bonds is 5. The third-order valence-electron chi connectivity index (χ3n) is 5.43. The number of nitrogens with one attached hydrogen (secondary N) is 1. The summed E-state index contributed by atoms with van der Waals surface area (Å²) >= 11 is 0. The Morgan fingerprint density at radius 1 is 0.935 bits per heavy atom. The van der Waals surface area contributed by atoms with Crippen molar-refractivity contribution in [1.82, 2.24) is 14.7 Å². The molecule has 8 heteroatoms. The number of amides is 3. The third-order valence-corrected chi connectivity index (χ3v) is 5.43. The number of piperidine rings is 1. The van der Waals surface area contributed by atoms with Gasteiger partial charge < -0.3 is 16.0 Å². The molecule has 1 aromatic heterocycles. The van der Waals surface area contributed by atoms with Gasteiger partial charge in [0.25, 0.3) is 11.8 Å². The molecule has 1 aliphatic rings. The van der Waals surface area contributed by atoms with Crippen LogP contribution in [-0.2, 0) is 4.79 Å². The quantitative estimate of drug-likeness (QED) is 0.664. The molecule has 1 aliphatic heterocycles. The SMILES string of the molecule is NC(=O)C1CCN(C(=O)c2ccccc2NC(=O)c2ccn(-c3ccccc3)n2)CC1. The van der Waals surface area contributed by atoms with Gasteiger partial charge in [-0.2, -0.15) is 5.10 Å². The molecule has 31 heavy (non-hydrogen) atoms. The summed E-state index contributed by atoms with van der Waals surface area (Å²) in [6.07, 6.45) is 2.81. The first-order chi connectivity index (χ1) is 15.0. The highest BCUT2D eigenvalue weighted by atomic mass is 16.2. The van der Waals surface area contributed by atoms with Gasteiger partial charge in [0.2, 0.25) is 5.91 Å². The van der Waals surface area contributed by atoms with E-state index < -0.39 is 5.91 Å². The minimum Gasteiger partial charge on any atom is -0.369 e. The first kappa shape index (κ1) is 20.3. The zero-order valence-electron chi connectivity index (χ0n) is 16.9. The second kappa shape index (κ2) is 8.83. The molecule has 0 radical (unpaired) electrons. The summed E-state index contributed by atoms with van der Waals surface area (Å²) in [6.45, 7) is 0.909. The Morgan fingerprint density at radius 3 is 2.32 bits per heavy atom. The maximum atomic E-state index is 13.0. The summed E-state index contributed by atoms with van der Waals surface area (Å²) in [5, 5.41) is 7.13. The number of nitrogens with zero attached hydrogens (tertiary/aromatic N) is 3. The number of hydrogen-bond acceptors (Lipinski definition) is 4. The fraction of sp³-hybridized carbons (Fsp3) is 0.217. The van der Waals surface area contributed by atoms with Crippen LogP contribution in [0.5, 0.6) is 0 Å². The van der Waals surface area contributed by atoms with Crippen molar-refractivity contribution < 1.29 is 14.4 Å². The van der Waals surface area contributed by atoms with Crippen LogP contribution in [0.1, 0.15) is 33.7 Å². The number of para-hydroxylation sites is 2. The highest BCUT2D eigenvalue weighted by Crippen LogP contribution is 2.23. The maximum Gasteiger partial charge on any atom is 0.276 e. The number of carbonyl (C=O) groups excluding carboxylic acids is 3. The van der Waals surface area contributed by atoms with Gasteiger partial charge in [-0.3, -0.25) is 14.4 Å². The predicted molar refractivity (Wildman–Crippen MR) is 116 cm³/mol. The Bertz CT molecular complexity index is 1100. The summed E-state index contributed by atoms with van der Waals surface area (Å²) in [7, 11) is 0. The van der Waals surface area contributed by atoms with E-state index in [1.165, 1.54) is 0 Å².